The molecule has 36 heavy (non-hydrogen) atoms. The molecule has 0 amide bonds. The van der Waals surface area contributed by atoms with Crippen LogP contribution in [0.4, 0.5) is 0 Å². The predicted octanol–water partition coefficient (Wildman–Crippen LogP) is 6.32. The number of hydrogen-bond donors (Lipinski definition) is 1. The van der Waals surface area contributed by atoms with Crippen molar-refractivity contribution in [3.63, 3.8) is 0 Å². The van der Waals surface area contributed by atoms with Gasteiger partial charge in [-0.3, -0.25) is 4.79 Å². The van der Waals surface area contributed by atoms with Gasteiger partial charge < -0.3 is 19.5 Å². The van der Waals surface area contributed by atoms with Crippen LogP contribution in [0.5, 0.6) is 11.5 Å². The minimum atomic E-state index is -0.610. The molecule has 0 radical (unpaired) electrons. The highest BCUT2D eigenvalue weighted by Gasteiger charge is 2.41. The first-order chi connectivity index (χ1) is 17.1. The van der Waals surface area contributed by atoms with Crippen molar-refractivity contribution in [2.24, 2.45) is 0 Å². The van der Waals surface area contributed by atoms with Crippen LogP contribution in [-0.2, 0) is 14.3 Å². The van der Waals surface area contributed by atoms with Crippen molar-refractivity contribution < 1.29 is 23.8 Å². The fourth-order valence-corrected chi connectivity index (χ4v) is 5.26. The first-order valence-electron chi connectivity index (χ1n) is 11.8. The van der Waals surface area contributed by atoms with Gasteiger partial charge >= 0.3 is 5.97 Å². The molecule has 4 rings (SSSR count). The summed E-state index contributed by atoms with van der Waals surface area (Å²) in [6.45, 7) is 5.42. The lowest BCUT2D eigenvalue weighted by Crippen LogP contribution is -2.36. The monoisotopic (exact) mass is 529 g/mol. The van der Waals surface area contributed by atoms with E-state index in [1.54, 1.807) is 46.3 Å². The van der Waals surface area contributed by atoms with E-state index in [2.05, 4.69) is 5.32 Å². The summed E-state index contributed by atoms with van der Waals surface area (Å²) in [7, 11) is 3.18. The minimum absolute atomic E-state index is 0.0399. The molecule has 2 aromatic rings. The molecule has 2 aliphatic rings. The number of ether oxygens (including phenoxy) is 3. The third-order valence-electron chi connectivity index (χ3n) is 6.55. The van der Waals surface area contributed by atoms with Crippen molar-refractivity contribution in [2.45, 2.75) is 51.6 Å². The summed E-state index contributed by atoms with van der Waals surface area (Å²) in [6.07, 6.45) is 0.580. The van der Waals surface area contributed by atoms with Gasteiger partial charge in [0.2, 0.25) is 0 Å². The lowest BCUT2D eigenvalue weighted by Gasteiger charge is -2.37. The van der Waals surface area contributed by atoms with E-state index in [9.17, 15) is 9.59 Å². The summed E-state index contributed by atoms with van der Waals surface area (Å²) in [5.41, 5.74) is 4.10. The van der Waals surface area contributed by atoms with Gasteiger partial charge in [0.25, 0.3) is 0 Å². The number of ketones is 1. The summed E-state index contributed by atoms with van der Waals surface area (Å²) < 4.78 is 16.4. The summed E-state index contributed by atoms with van der Waals surface area (Å²) in [4.78, 5) is 26.9. The quantitative estimate of drug-likeness (QED) is 0.441. The van der Waals surface area contributed by atoms with Crippen molar-refractivity contribution >= 4 is 35.0 Å². The van der Waals surface area contributed by atoms with Gasteiger partial charge in [-0.25, -0.2) is 4.79 Å². The van der Waals surface area contributed by atoms with Crippen LogP contribution < -0.4 is 14.8 Å². The number of nitrogens with one attached hydrogen (secondary N) is 1. The van der Waals surface area contributed by atoms with Gasteiger partial charge in [0, 0.05) is 29.3 Å². The van der Waals surface area contributed by atoms with Crippen LogP contribution in [0.3, 0.4) is 0 Å². The maximum atomic E-state index is 13.7. The molecule has 0 spiro atoms. The second kappa shape index (κ2) is 10.6. The fourth-order valence-electron chi connectivity index (χ4n) is 4.95. The first-order valence-corrected chi connectivity index (χ1v) is 12.5. The molecule has 2 atom stereocenters. The van der Waals surface area contributed by atoms with Crippen LogP contribution >= 0.6 is 23.2 Å². The first kappa shape index (κ1) is 26.1. The second-order valence-electron chi connectivity index (χ2n) is 9.26. The van der Waals surface area contributed by atoms with Crippen molar-refractivity contribution in [1.29, 1.82) is 0 Å². The Morgan fingerprint density at radius 1 is 0.972 bits per heavy atom. The molecule has 1 aliphatic heterocycles. The Labute approximate surface area is 221 Å². The van der Waals surface area contributed by atoms with Gasteiger partial charge in [0.1, 0.15) is 0 Å². The van der Waals surface area contributed by atoms with E-state index in [1.807, 2.05) is 25.1 Å². The highest BCUT2D eigenvalue weighted by Crippen LogP contribution is 2.47. The van der Waals surface area contributed by atoms with Crippen LogP contribution in [0.15, 0.2) is 58.9 Å². The lowest BCUT2D eigenvalue weighted by molar-refractivity contribution is -0.143. The third-order valence-corrected chi connectivity index (χ3v) is 7.29. The van der Waals surface area contributed by atoms with Gasteiger partial charge in [-0.1, -0.05) is 35.3 Å². The van der Waals surface area contributed by atoms with Crippen LogP contribution in [0, 0.1) is 0 Å². The van der Waals surface area contributed by atoms with Gasteiger partial charge in [-0.05, 0) is 68.5 Å². The van der Waals surface area contributed by atoms with Crippen LogP contribution in [-0.4, -0.2) is 32.1 Å². The smallest absolute Gasteiger partial charge is 0.337 e. The molecule has 190 valence electrons. The number of carbonyl (C=O) groups excluding carboxylic acids is 2. The zero-order valence-electron chi connectivity index (χ0n) is 20.9. The van der Waals surface area contributed by atoms with E-state index in [1.165, 1.54) is 0 Å². The van der Waals surface area contributed by atoms with Gasteiger partial charge in [0.05, 0.1) is 35.9 Å². The molecular formula is C28H29Cl2NO5. The number of allylic oxidation sites excluding steroid dienone is 3. The van der Waals surface area contributed by atoms with Crippen molar-refractivity contribution in [2.75, 3.05) is 14.2 Å². The molecule has 0 aromatic heterocycles. The van der Waals surface area contributed by atoms with Crippen LogP contribution in [0.25, 0.3) is 0 Å². The number of hydrogen-bond acceptors (Lipinski definition) is 6. The number of dihydropyridines is 1. The number of carbonyl (C=O) groups is 2. The predicted molar refractivity (Wildman–Crippen MR) is 140 cm³/mol. The fraction of sp³-hybridized carbons (Fsp3) is 0.357. The van der Waals surface area contributed by atoms with E-state index in [4.69, 9.17) is 37.4 Å². The topological polar surface area (TPSA) is 73.9 Å². The molecular weight excluding hydrogens is 501 g/mol. The minimum Gasteiger partial charge on any atom is -0.493 e. The number of Topliss-reactive ketones (excluding diaryl/α,β-unsaturated/α-hetero) is 1. The van der Waals surface area contributed by atoms with Gasteiger partial charge in [-0.15, -0.1) is 0 Å². The molecule has 0 bridgehead atoms. The van der Waals surface area contributed by atoms with Crippen LogP contribution in [0.1, 0.15) is 56.6 Å². The average Bonchev–Trinajstić information content (AvgIpc) is 2.83. The second-order valence-corrected chi connectivity index (χ2v) is 10.1. The molecule has 1 heterocycles. The Hall–Kier alpha value is -2.96. The van der Waals surface area contributed by atoms with Crippen molar-refractivity contribution in [3.8, 4) is 11.5 Å². The molecule has 2 aromatic carbocycles. The lowest BCUT2D eigenvalue weighted by atomic mass is 9.71. The Bertz CT molecular complexity index is 1280. The maximum Gasteiger partial charge on any atom is 0.337 e. The standard InChI is InChI=1S/C28H29Cl2NO5/c1-14(2)36-28(33)25-15(3)31-21-11-18(16-7-9-23(34-4)24(13-16)35-5)12-22(32)27(21)26(25)17-6-8-19(29)20(30)10-17/h6-10,13-14,18,26,31H,11-12H2,1-5H3. The maximum absolute atomic E-state index is 13.7. The highest BCUT2D eigenvalue weighted by atomic mass is 35.5. The van der Waals surface area contributed by atoms with E-state index in [0.29, 0.717) is 56.8 Å². The largest absolute Gasteiger partial charge is 0.493 e. The third kappa shape index (κ3) is 4.97. The summed E-state index contributed by atoms with van der Waals surface area (Å²) in [6, 6.07) is 10.9. The highest BCUT2D eigenvalue weighted by molar-refractivity contribution is 6.42. The molecule has 0 saturated carbocycles. The molecule has 1 aliphatic carbocycles. The summed E-state index contributed by atoms with van der Waals surface area (Å²) in [5, 5.41) is 4.11. The summed E-state index contributed by atoms with van der Waals surface area (Å²) in [5.74, 6) is 0.0682. The van der Waals surface area contributed by atoms with Crippen molar-refractivity contribution in [1.82, 2.24) is 5.32 Å². The number of benzene rings is 2. The molecule has 2 unspecified atom stereocenters. The Balaban J connectivity index is 1.79. The molecule has 0 fully saturated rings. The molecule has 1 N–H and O–H groups in total. The van der Waals surface area contributed by atoms with E-state index < -0.39 is 11.9 Å². The van der Waals surface area contributed by atoms with E-state index in [-0.39, 0.29) is 17.8 Å². The summed E-state index contributed by atoms with van der Waals surface area (Å²) >= 11 is 12.5. The zero-order valence-corrected chi connectivity index (χ0v) is 22.4. The Kier molecular flexibility index (Phi) is 7.67. The number of rotatable bonds is 6. The zero-order chi connectivity index (χ0) is 26.1. The normalized spacial score (nSPS) is 19.7. The SMILES string of the molecule is COc1ccc(C2CC(=O)C3=C(C2)NC(C)=C(C(=O)OC(C)C)C3c2ccc(Cl)c(Cl)c2)cc1OC. The van der Waals surface area contributed by atoms with E-state index in [0.717, 1.165) is 11.3 Å². The van der Waals surface area contributed by atoms with Gasteiger partial charge in [-0.2, -0.15) is 0 Å². The molecule has 6 nitrogen and oxygen atoms in total. The van der Waals surface area contributed by atoms with Crippen molar-refractivity contribution in [3.05, 3.63) is 80.1 Å². The number of halogens is 2. The molecule has 0 saturated heterocycles. The number of methoxy groups -OCH3 is 2. The Morgan fingerprint density at radius 2 is 1.67 bits per heavy atom. The van der Waals surface area contributed by atoms with Crippen LogP contribution in [0.2, 0.25) is 10.0 Å². The number of esters is 1. The Morgan fingerprint density at radius 3 is 2.31 bits per heavy atom. The van der Waals surface area contributed by atoms with E-state index >= 15 is 0 Å². The van der Waals surface area contributed by atoms with Gasteiger partial charge in [0.15, 0.2) is 17.3 Å². The average molecular weight is 530 g/mol. The molecule has 8 heteroatoms.